The lowest BCUT2D eigenvalue weighted by Crippen LogP contribution is -2.50. The van der Waals surface area contributed by atoms with Gasteiger partial charge in [-0.3, -0.25) is 24.5 Å². The molecule has 0 bridgehead atoms. The Kier molecular flexibility index (Phi) is 10.0. The minimum atomic E-state index is -0.521. The second kappa shape index (κ2) is 13.2. The maximum atomic E-state index is 12.8. The van der Waals surface area contributed by atoms with Crippen LogP contribution >= 0.6 is 23.7 Å². The standard InChI is InChI=1S/C26H40N4O2S2/c1-19(28-26(32)23-17-33-18-27-23)25(31)29-34-24(21-10-6-3-7-11-21)22-12-14-30(15-13-22)16-20-8-4-2-5-9-20/h2,4-5,8-9,19,21-24,27H,3,6-7,10-18H2,1H3,(H,28,32)(H,29,31)/t19-,23+,24?/m1/s1. The van der Waals surface area contributed by atoms with Crippen molar-refractivity contribution in [3.63, 3.8) is 0 Å². The van der Waals surface area contributed by atoms with E-state index in [1.807, 2.05) is 0 Å². The average Bonchev–Trinajstić information content (AvgIpc) is 3.42. The first-order valence-corrected chi connectivity index (χ1v) is 15.0. The molecule has 4 rings (SSSR count). The lowest BCUT2D eigenvalue weighted by atomic mass is 9.79. The van der Waals surface area contributed by atoms with Crippen molar-refractivity contribution >= 4 is 35.5 Å². The van der Waals surface area contributed by atoms with E-state index in [1.165, 1.54) is 50.5 Å². The van der Waals surface area contributed by atoms with Gasteiger partial charge in [-0.1, -0.05) is 49.6 Å². The van der Waals surface area contributed by atoms with E-state index in [0.29, 0.717) is 17.1 Å². The van der Waals surface area contributed by atoms with Crippen molar-refractivity contribution in [2.75, 3.05) is 24.7 Å². The third-order valence-corrected chi connectivity index (χ3v) is 9.84. The number of thioether (sulfide) groups is 1. The first-order chi connectivity index (χ1) is 16.6. The topological polar surface area (TPSA) is 73.5 Å². The zero-order valence-corrected chi connectivity index (χ0v) is 22.0. The predicted molar refractivity (Wildman–Crippen MR) is 142 cm³/mol. The average molecular weight is 505 g/mol. The van der Waals surface area contributed by atoms with E-state index in [4.69, 9.17) is 0 Å². The van der Waals surface area contributed by atoms with Crippen molar-refractivity contribution in [1.29, 1.82) is 0 Å². The summed E-state index contributed by atoms with van der Waals surface area (Å²) in [7, 11) is 0. The number of hydrogen-bond donors (Lipinski definition) is 3. The molecule has 3 aliphatic rings. The molecule has 1 unspecified atom stereocenters. The Labute approximate surface area is 213 Å². The zero-order chi connectivity index (χ0) is 23.8. The highest BCUT2D eigenvalue weighted by Gasteiger charge is 2.34. The number of piperidine rings is 1. The summed E-state index contributed by atoms with van der Waals surface area (Å²) in [5.41, 5.74) is 1.38. The number of amides is 2. The minimum Gasteiger partial charge on any atom is -0.343 e. The van der Waals surface area contributed by atoms with Gasteiger partial charge in [0.05, 0.1) is 6.04 Å². The van der Waals surface area contributed by atoms with Crippen LogP contribution in [0.15, 0.2) is 30.3 Å². The second-order valence-corrected chi connectivity index (χ2v) is 12.1. The minimum absolute atomic E-state index is 0.0766. The molecule has 1 saturated carbocycles. The Bertz CT molecular complexity index is 776. The van der Waals surface area contributed by atoms with Gasteiger partial charge in [0.1, 0.15) is 6.04 Å². The highest BCUT2D eigenvalue weighted by molar-refractivity contribution is 7.99. The summed E-state index contributed by atoms with van der Waals surface area (Å²) >= 11 is 3.36. The molecule has 3 atom stereocenters. The maximum Gasteiger partial charge on any atom is 0.252 e. The molecule has 1 aromatic rings. The van der Waals surface area contributed by atoms with Crippen molar-refractivity contribution in [3.8, 4) is 0 Å². The number of nitrogens with zero attached hydrogens (tertiary/aromatic N) is 1. The fraction of sp³-hybridized carbons (Fsp3) is 0.692. The van der Waals surface area contributed by atoms with Crippen LogP contribution in [-0.2, 0) is 16.1 Å². The summed E-state index contributed by atoms with van der Waals surface area (Å²) in [5, 5.41) is 6.51. The molecule has 0 radical (unpaired) electrons. The molecule has 1 aromatic carbocycles. The van der Waals surface area contributed by atoms with Gasteiger partial charge >= 0.3 is 0 Å². The van der Waals surface area contributed by atoms with E-state index in [2.05, 4.69) is 50.6 Å². The van der Waals surface area contributed by atoms with Crippen LogP contribution in [0.2, 0.25) is 0 Å². The molecular formula is C26H40N4O2S2. The molecule has 0 spiro atoms. The van der Waals surface area contributed by atoms with Gasteiger partial charge in [-0.15, -0.1) is 11.8 Å². The summed E-state index contributed by atoms with van der Waals surface area (Å²) in [6.45, 7) is 5.05. The lowest BCUT2D eigenvalue weighted by Gasteiger charge is -2.40. The number of hydrogen-bond acceptors (Lipinski definition) is 6. The number of carbonyl (C=O) groups is 2. The van der Waals surface area contributed by atoms with Crippen LogP contribution < -0.4 is 15.4 Å². The molecule has 2 amide bonds. The molecule has 0 aromatic heterocycles. The molecule has 8 heteroatoms. The van der Waals surface area contributed by atoms with Gasteiger partial charge in [0.15, 0.2) is 0 Å². The zero-order valence-electron chi connectivity index (χ0n) is 20.3. The SMILES string of the molecule is C[C@@H](NC(=O)[C@@H]1CSCN1)C(=O)NSC(C1CCCCC1)C1CCN(Cc2ccccc2)CC1. The Balaban J connectivity index is 1.28. The van der Waals surface area contributed by atoms with E-state index in [-0.39, 0.29) is 17.9 Å². The molecule has 3 N–H and O–H groups in total. The maximum absolute atomic E-state index is 12.8. The van der Waals surface area contributed by atoms with Crippen LogP contribution in [0.4, 0.5) is 0 Å². The van der Waals surface area contributed by atoms with E-state index >= 15 is 0 Å². The smallest absolute Gasteiger partial charge is 0.252 e. The summed E-state index contributed by atoms with van der Waals surface area (Å²) in [5.74, 6) is 2.70. The number of rotatable bonds is 9. The Morgan fingerprint density at radius 2 is 1.79 bits per heavy atom. The third kappa shape index (κ3) is 7.39. The van der Waals surface area contributed by atoms with Gasteiger partial charge in [0.2, 0.25) is 5.91 Å². The number of carbonyl (C=O) groups excluding carboxylic acids is 2. The molecule has 2 heterocycles. The van der Waals surface area contributed by atoms with Gasteiger partial charge in [0, 0.05) is 23.4 Å². The van der Waals surface area contributed by atoms with Crippen molar-refractivity contribution in [2.24, 2.45) is 11.8 Å². The molecule has 188 valence electrons. The molecule has 1 aliphatic carbocycles. The van der Waals surface area contributed by atoms with Crippen molar-refractivity contribution in [3.05, 3.63) is 35.9 Å². The number of likely N-dealkylation sites (tertiary alicyclic amines) is 1. The van der Waals surface area contributed by atoms with Gasteiger partial charge in [-0.05, 0) is 75.0 Å². The highest BCUT2D eigenvalue weighted by atomic mass is 32.2. The fourth-order valence-corrected chi connectivity index (χ4v) is 7.78. The van der Waals surface area contributed by atoms with Crippen molar-refractivity contribution < 1.29 is 9.59 Å². The molecule has 34 heavy (non-hydrogen) atoms. The highest BCUT2D eigenvalue weighted by Crippen LogP contribution is 2.39. The Morgan fingerprint density at radius 3 is 2.47 bits per heavy atom. The molecule has 6 nitrogen and oxygen atoms in total. The van der Waals surface area contributed by atoms with Crippen LogP contribution in [0.25, 0.3) is 0 Å². The molecular weight excluding hydrogens is 464 g/mol. The number of benzene rings is 1. The second-order valence-electron chi connectivity index (χ2n) is 10.0. The third-order valence-electron chi connectivity index (χ3n) is 7.54. The van der Waals surface area contributed by atoms with Crippen LogP contribution in [0.1, 0.15) is 57.4 Å². The Morgan fingerprint density at radius 1 is 1.09 bits per heavy atom. The summed E-state index contributed by atoms with van der Waals surface area (Å²) < 4.78 is 3.15. The van der Waals surface area contributed by atoms with Crippen molar-refractivity contribution in [1.82, 2.24) is 20.3 Å². The normalized spacial score (nSPS) is 24.4. The van der Waals surface area contributed by atoms with Crippen LogP contribution in [0, 0.1) is 11.8 Å². The van der Waals surface area contributed by atoms with Gasteiger partial charge < -0.3 is 5.32 Å². The largest absolute Gasteiger partial charge is 0.343 e. The summed E-state index contributed by atoms with van der Waals surface area (Å²) in [6.07, 6.45) is 8.88. The molecule has 3 fully saturated rings. The fourth-order valence-electron chi connectivity index (χ4n) is 5.48. The first kappa shape index (κ1) is 25.9. The summed E-state index contributed by atoms with van der Waals surface area (Å²) in [6, 6.07) is 10.0. The monoisotopic (exact) mass is 504 g/mol. The molecule has 2 saturated heterocycles. The van der Waals surface area contributed by atoms with Gasteiger partial charge in [-0.25, -0.2) is 0 Å². The van der Waals surface area contributed by atoms with Crippen LogP contribution in [-0.4, -0.2) is 58.8 Å². The van der Waals surface area contributed by atoms with Crippen LogP contribution in [0.3, 0.4) is 0 Å². The molecule has 2 aliphatic heterocycles. The van der Waals surface area contributed by atoms with Gasteiger partial charge in [-0.2, -0.15) is 0 Å². The van der Waals surface area contributed by atoms with E-state index in [9.17, 15) is 9.59 Å². The van der Waals surface area contributed by atoms with E-state index in [0.717, 1.165) is 31.3 Å². The van der Waals surface area contributed by atoms with E-state index < -0.39 is 6.04 Å². The van der Waals surface area contributed by atoms with E-state index in [1.54, 1.807) is 30.6 Å². The Hall–Kier alpha value is -1.22. The quantitative estimate of drug-likeness (QED) is 0.445. The number of nitrogens with one attached hydrogen (secondary N) is 3. The van der Waals surface area contributed by atoms with Gasteiger partial charge in [0.25, 0.3) is 5.91 Å². The first-order valence-electron chi connectivity index (χ1n) is 12.9. The van der Waals surface area contributed by atoms with Crippen molar-refractivity contribution in [2.45, 2.75) is 75.7 Å². The van der Waals surface area contributed by atoms with Crippen LogP contribution in [0.5, 0.6) is 0 Å². The predicted octanol–water partition coefficient (Wildman–Crippen LogP) is 3.78. The lowest BCUT2D eigenvalue weighted by molar-refractivity contribution is -0.128. The summed E-state index contributed by atoms with van der Waals surface area (Å²) in [4.78, 5) is 27.8.